The molecule has 0 radical (unpaired) electrons. The van der Waals surface area contributed by atoms with Gasteiger partial charge in [-0.2, -0.15) is 5.10 Å². The van der Waals surface area contributed by atoms with Gasteiger partial charge in [-0.15, -0.1) is 0 Å². The summed E-state index contributed by atoms with van der Waals surface area (Å²) in [6.07, 6.45) is 1.12. The molecule has 2 N–H and O–H groups in total. The van der Waals surface area contributed by atoms with E-state index >= 15 is 0 Å². The van der Waals surface area contributed by atoms with Crippen LogP contribution in [-0.4, -0.2) is 39.6 Å². The lowest BCUT2D eigenvalue weighted by Crippen LogP contribution is -2.42. The van der Waals surface area contributed by atoms with Crippen molar-refractivity contribution < 1.29 is 9.59 Å². The lowest BCUT2D eigenvalue weighted by atomic mass is 9.96. The van der Waals surface area contributed by atoms with Crippen molar-refractivity contribution in [2.75, 3.05) is 13.1 Å². The molecule has 0 saturated carbocycles. The van der Waals surface area contributed by atoms with Crippen molar-refractivity contribution in [1.29, 1.82) is 0 Å². The second-order valence-corrected chi connectivity index (χ2v) is 6.17. The topological polar surface area (TPSA) is 98.3 Å². The van der Waals surface area contributed by atoms with Gasteiger partial charge in [0.05, 0.1) is 6.54 Å². The predicted octanol–water partition coefficient (Wildman–Crippen LogP) is 0.629. The summed E-state index contributed by atoms with van der Waals surface area (Å²) >= 11 is 0. The fraction of sp³-hybridized carbons (Fsp3) is 0.333. The highest BCUT2D eigenvalue weighted by atomic mass is 16.2. The summed E-state index contributed by atoms with van der Waals surface area (Å²) < 4.78 is 1.29. The number of nitrogens with two attached hydrogens (primary N) is 1. The third-order valence-electron chi connectivity index (χ3n) is 4.45. The Kier molecular flexibility index (Phi) is 4.92. The molecular formula is C18H20N4O3. The lowest BCUT2D eigenvalue weighted by Gasteiger charge is -2.30. The monoisotopic (exact) mass is 340 g/mol. The first kappa shape index (κ1) is 16.9. The van der Waals surface area contributed by atoms with Crippen molar-refractivity contribution >= 4 is 11.8 Å². The lowest BCUT2D eigenvalue weighted by molar-refractivity contribution is -0.123. The fourth-order valence-corrected chi connectivity index (χ4v) is 2.96. The van der Waals surface area contributed by atoms with Gasteiger partial charge in [0.1, 0.15) is 5.69 Å². The Morgan fingerprint density at radius 3 is 2.40 bits per heavy atom. The molecule has 3 rings (SSSR count). The minimum atomic E-state index is -0.318. The van der Waals surface area contributed by atoms with Crippen LogP contribution in [0.4, 0.5) is 0 Å². The van der Waals surface area contributed by atoms with E-state index in [4.69, 9.17) is 5.73 Å². The quantitative estimate of drug-likeness (QED) is 0.882. The summed E-state index contributed by atoms with van der Waals surface area (Å²) in [5.41, 5.74) is 6.22. The van der Waals surface area contributed by atoms with Gasteiger partial charge in [0.15, 0.2) is 0 Å². The van der Waals surface area contributed by atoms with Crippen molar-refractivity contribution in [3.8, 4) is 0 Å². The van der Waals surface area contributed by atoms with Gasteiger partial charge >= 0.3 is 0 Å². The Morgan fingerprint density at radius 2 is 1.76 bits per heavy atom. The zero-order valence-corrected chi connectivity index (χ0v) is 13.8. The van der Waals surface area contributed by atoms with Crippen LogP contribution in [0.1, 0.15) is 28.9 Å². The molecule has 25 heavy (non-hydrogen) atoms. The molecule has 1 aromatic carbocycles. The maximum absolute atomic E-state index is 12.6. The highest BCUT2D eigenvalue weighted by Gasteiger charge is 2.27. The van der Waals surface area contributed by atoms with Crippen molar-refractivity contribution in [2.24, 2.45) is 11.7 Å². The van der Waals surface area contributed by atoms with Gasteiger partial charge < -0.3 is 10.6 Å². The number of hydrogen-bond acceptors (Lipinski definition) is 4. The van der Waals surface area contributed by atoms with Crippen molar-refractivity contribution in [2.45, 2.75) is 19.4 Å². The molecular weight excluding hydrogens is 320 g/mol. The van der Waals surface area contributed by atoms with Gasteiger partial charge in [-0.1, -0.05) is 30.3 Å². The van der Waals surface area contributed by atoms with Crippen LogP contribution in [0.2, 0.25) is 0 Å². The fourth-order valence-electron chi connectivity index (χ4n) is 2.96. The molecule has 1 aliphatic rings. The van der Waals surface area contributed by atoms with Crippen molar-refractivity contribution in [1.82, 2.24) is 14.7 Å². The Bertz CT molecular complexity index is 824. The SMILES string of the molecule is NC(=O)C1CCN(C(=O)c2ccc(=O)n(Cc3ccccc3)n2)CC1. The molecule has 1 aliphatic heterocycles. The van der Waals surface area contributed by atoms with Crippen molar-refractivity contribution in [3.63, 3.8) is 0 Å². The van der Waals surface area contributed by atoms with E-state index in [2.05, 4.69) is 5.10 Å². The number of piperidine rings is 1. The normalized spacial score (nSPS) is 15.1. The molecule has 7 heteroatoms. The first-order chi connectivity index (χ1) is 12.0. The maximum Gasteiger partial charge on any atom is 0.274 e. The predicted molar refractivity (Wildman–Crippen MR) is 91.9 cm³/mol. The summed E-state index contributed by atoms with van der Waals surface area (Å²) in [6.45, 7) is 1.24. The molecule has 1 fully saturated rings. The van der Waals surface area contributed by atoms with Crippen LogP contribution in [0.15, 0.2) is 47.3 Å². The molecule has 2 aromatic rings. The largest absolute Gasteiger partial charge is 0.369 e. The molecule has 2 amide bonds. The highest BCUT2D eigenvalue weighted by molar-refractivity contribution is 5.92. The standard InChI is InChI=1S/C18H20N4O3/c19-17(24)14-8-10-21(11-9-14)18(25)15-6-7-16(23)22(20-15)12-13-4-2-1-3-5-13/h1-7,14H,8-12H2,(H2,19,24). The number of carbonyl (C=O) groups is 2. The average molecular weight is 340 g/mol. The molecule has 1 saturated heterocycles. The van der Waals surface area contributed by atoms with E-state index in [-0.39, 0.29) is 29.0 Å². The van der Waals surface area contributed by atoms with Crippen molar-refractivity contribution in [3.05, 3.63) is 64.1 Å². The van der Waals surface area contributed by atoms with Crippen LogP contribution >= 0.6 is 0 Å². The number of carbonyl (C=O) groups excluding carboxylic acids is 2. The minimum absolute atomic E-state index is 0.177. The summed E-state index contributed by atoms with van der Waals surface area (Å²) in [5.74, 6) is -0.726. The van der Waals surface area contributed by atoms with Crippen LogP contribution in [-0.2, 0) is 11.3 Å². The number of rotatable bonds is 4. The van der Waals surface area contributed by atoms with Gasteiger partial charge in [0.2, 0.25) is 5.91 Å². The Morgan fingerprint density at radius 1 is 1.08 bits per heavy atom. The van der Waals surface area contributed by atoms with Gasteiger partial charge in [-0.3, -0.25) is 14.4 Å². The van der Waals surface area contributed by atoms with E-state index in [1.807, 2.05) is 30.3 Å². The smallest absolute Gasteiger partial charge is 0.274 e. The number of hydrogen-bond donors (Lipinski definition) is 1. The number of nitrogens with zero attached hydrogens (tertiary/aromatic N) is 3. The van der Waals surface area contributed by atoms with Crippen LogP contribution in [0, 0.1) is 5.92 Å². The third kappa shape index (κ3) is 3.93. The molecule has 7 nitrogen and oxygen atoms in total. The van der Waals surface area contributed by atoms with Gasteiger partial charge in [-0.05, 0) is 24.5 Å². The molecule has 0 aliphatic carbocycles. The number of aromatic nitrogens is 2. The van der Waals surface area contributed by atoms with Crippen LogP contribution in [0.3, 0.4) is 0 Å². The number of primary amides is 1. The molecule has 130 valence electrons. The minimum Gasteiger partial charge on any atom is -0.369 e. The van der Waals surface area contributed by atoms with Gasteiger partial charge in [-0.25, -0.2) is 4.68 Å². The number of benzene rings is 1. The first-order valence-corrected chi connectivity index (χ1v) is 8.25. The summed E-state index contributed by atoms with van der Waals surface area (Å²) in [7, 11) is 0. The second-order valence-electron chi connectivity index (χ2n) is 6.17. The summed E-state index contributed by atoms with van der Waals surface area (Å²) in [5, 5.41) is 4.22. The van der Waals surface area contributed by atoms with E-state index in [9.17, 15) is 14.4 Å². The van der Waals surface area contributed by atoms with Gasteiger partial charge in [0.25, 0.3) is 11.5 Å². The molecule has 0 bridgehead atoms. The maximum atomic E-state index is 12.6. The van der Waals surface area contributed by atoms with Crippen LogP contribution < -0.4 is 11.3 Å². The zero-order chi connectivity index (χ0) is 17.8. The Balaban J connectivity index is 1.74. The molecule has 0 unspecified atom stereocenters. The number of amides is 2. The summed E-state index contributed by atoms with van der Waals surface area (Å²) in [4.78, 5) is 37.5. The zero-order valence-electron chi connectivity index (χ0n) is 13.8. The third-order valence-corrected chi connectivity index (χ3v) is 4.45. The number of likely N-dealkylation sites (tertiary alicyclic amines) is 1. The van der Waals surface area contributed by atoms with E-state index < -0.39 is 0 Å². The van der Waals surface area contributed by atoms with Gasteiger partial charge in [0, 0.05) is 25.1 Å². The van der Waals surface area contributed by atoms with Crippen LogP contribution in [0.25, 0.3) is 0 Å². The van der Waals surface area contributed by atoms with Crippen LogP contribution in [0.5, 0.6) is 0 Å². The molecule has 0 atom stereocenters. The molecule has 1 aromatic heterocycles. The molecule has 2 heterocycles. The van der Waals surface area contributed by atoms with E-state index in [1.54, 1.807) is 4.90 Å². The molecule has 0 spiro atoms. The Hall–Kier alpha value is -2.96. The summed E-state index contributed by atoms with van der Waals surface area (Å²) in [6, 6.07) is 12.3. The average Bonchev–Trinajstić information content (AvgIpc) is 2.64. The first-order valence-electron chi connectivity index (χ1n) is 8.25. The highest BCUT2D eigenvalue weighted by Crippen LogP contribution is 2.18. The van der Waals surface area contributed by atoms with E-state index in [1.165, 1.54) is 16.8 Å². The van der Waals surface area contributed by atoms with E-state index in [0.717, 1.165) is 5.56 Å². The Labute approximate surface area is 145 Å². The van der Waals surface area contributed by atoms with E-state index in [0.29, 0.717) is 32.5 Å². The second kappa shape index (κ2) is 7.29.